The van der Waals surface area contributed by atoms with Crippen molar-refractivity contribution in [2.75, 3.05) is 5.73 Å². The number of nitrogens with zero attached hydrogens (tertiary/aromatic N) is 3. The van der Waals surface area contributed by atoms with Gasteiger partial charge in [0.2, 0.25) is 0 Å². The second-order valence-corrected chi connectivity index (χ2v) is 2.80. The molecule has 2 aromatic heterocycles. The molecule has 0 aliphatic carbocycles. The van der Waals surface area contributed by atoms with E-state index in [1.807, 2.05) is 25.2 Å². The van der Waals surface area contributed by atoms with Crippen LogP contribution in [0.4, 0.5) is 5.82 Å². The first kappa shape index (κ1) is 7.79. The fraction of sp³-hybridized carbons (Fsp3) is 0.111. The number of pyridine rings is 1. The van der Waals surface area contributed by atoms with E-state index in [9.17, 15) is 0 Å². The molecule has 4 heteroatoms. The molecule has 0 unspecified atom stereocenters. The number of hydrogen-bond acceptors (Lipinski definition) is 3. The Morgan fingerprint density at radius 2 is 2.15 bits per heavy atom. The van der Waals surface area contributed by atoms with Crippen LogP contribution in [-0.4, -0.2) is 14.5 Å². The molecule has 2 N–H and O–H groups in total. The summed E-state index contributed by atoms with van der Waals surface area (Å²) in [6, 6.07) is 5.66. The van der Waals surface area contributed by atoms with Crippen LogP contribution in [0.2, 0.25) is 0 Å². The summed E-state index contributed by atoms with van der Waals surface area (Å²) < 4.78 is 1.77. The third kappa shape index (κ3) is 1.26. The minimum Gasteiger partial charge on any atom is -0.383 e. The highest BCUT2D eigenvalue weighted by atomic mass is 15.1. The summed E-state index contributed by atoms with van der Waals surface area (Å²) in [6.45, 7) is 0. The minimum atomic E-state index is 0.638. The topological polar surface area (TPSA) is 56.7 Å². The lowest BCUT2D eigenvalue weighted by Gasteiger charge is -1.97. The molecule has 0 aliphatic heterocycles. The minimum absolute atomic E-state index is 0.638. The van der Waals surface area contributed by atoms with Gasteiger partial charge in [-0.05, 0) is 12.1 Å². The molecule has 0 spiro atoms. The van der Waals surface area contributed by atoms with Crippen molar-refractivity contribution in [2.24, 2.45) is 7.05 Å². The van der Waals surface area contributed by atoms with E-state index in [1.54, 1.807) is 17.1 Å². The molecule has 0 bridgehead atoms. The van der Waals surface area contributed by atoms with Crippen molar-refractivity contribution in [3.63, 3.8) is 0 Å². The van der Waals surface area contributed by atoms with Gasteiger partial charge in [-0.15, -0.1) is 0 Å². The Morgan fingerprint density at radius 1 is 1.31 bits per heavy atom. The zero-order valence-corrected chi connectivity index (χ0v) is 7.31. The first-order valence-corrected chi connectivity index (χ1v) is 3.97. The Bertz CT molecular complexity index is 405. The maximum atomic E-state index is 5.80. The Labute approximate surface area is 76.1 Å². The number of nitrogen functional groups attached to an aromatic ring is 1. The Morgan fingerprint density at radius 3 is 2.69 bits per heavy atom. The lowest BCUT2D eigenvalue weighted by molar-refractivity contribution is 0.925. The maximum Gasteiger partial charge on any atom is 0.132 e. The van der Waals surface area contributed by atoms with E-state index in [0.717, 1.165) is 11.4 Å². The van der Waals surface area contributed by atoms with Gasteiger partial charge in [0.05, 0.1) is 12.0 Å². The highest BCUT2D eigenvalue weighted by Crippen LogP contribution is 2.20. The Kier molecular flexibility index (Phi) is 1.73. The van der Waals surface area contributed by atoms with E-state index in [4.69, 9.17) is 5.73 Å². The van der Waals surface area contributed by atoms with Gasteiger partial charge in [-0.1, -0.05) is 6.07 Å². The van der Waals surface area contributed by atoms with Crippen LogP contribution < -0.4 is 5.73 Å². The molecule has 0 amide bonds. The van der Waals surface area contributed by atoms with Crippen LogP contribution >= 0.6 is 0 Å². The molecular formula is C9H10N4. The van der Waals surface area contributed by atoms with Crippen LogP contribution in [0.25, 0.3) is 11.4 Å². The zero-order valence-electron chi connectivity index (χ0n) is 7.31. The molecule has 0 saturated carbocycles. The summed E-state index contributed by atoms with van der Waals surface area (Å²) in [5.41, 5.74) is 7.34. The number of rotatable bonds is 1. The van der Waals surface area contributed by atoms with Gasteiger partial charge in [0, 0.05) is 13.2 Å². The van der Waals surface area contributed by atoms with Crippen LogP contribution in [0.15, 0.2) is 30.7 Å². The smallest absolute Gasteiger partial charge is 0.132 e. The molecule has 0 radical (unpaired) electrons. The van der Waals surface area contributed by atoms with Gasteiger partial charge in [0.1, 0.15) is 11.5 Å². The van der Waals surface area contributed by atoms with Gasteiger partial charge >= 0.3 is 0 Å². The number of anilines is 1. The van der Waals surface area contributed by atoms with E-state index in [-0.39, 0.29) is 0 Å². The summed E-state index contributed by atoms with van der Waals surface area (Å²) >= 11 is 0. The predicted molar refractivity (Wildman–Crippen MR) is 50.9 cm³/mol. The zero-order chi connectivity index (χ0) is 9.26. The van der Waals surface area contributed by atoms with Crippen molar-refractivity contribution in [1.29, 1.82) is 0 Å². The quantitative estimate of drug-likeness (QED) is 0.703. The first-order chi connectivity index (χ1) is 6.29. The molecule has 0 atom stereocenters. The summed E-state index contributed by atoms with van der Waals surface area (Å²) in [6.07, 6.45) is 3.41. The molecule has 66 valence electrons. The van der Waals surface area contributed by atoms with Crippen molar-refractivity contribution in [2.45, 2.75) is 0 Å². The van der Waals surface area contributed by atoms with Gasteiger partial charge in [-0.3, -0.25) is 4.98 Å². The fourth-order valence-electron chi connectivity index (χ4n) is 1.14. The lowest BCUT2D eigenvalue weighted by Crippen LogP contribution is -1.96. The van der Waals surface area contributed by atoms with E-state index in [1.165, 1.54) is 0 Å². The third-order valence-corrected chi connectivity index (χ3v) is 1.89. The molecule has 13 heavy (non-hydrogen) atoms. The lowest BCUT2D eigenvalue weighted by atomic mass is 10.3. The molecule has 0 saturated heterocycles. The average molecular weight is 174 g/mol. The second kappa shape index (κ2) is 2.90. The van der Waals surface area contributed by atoms with Crippen molar-refractivity contribution in [1.82, 2.24) is 14.5 Å². The third-order valence-electron chi connectivity index (χ3n) is 1.89. The molecular weight excluding hydrogens is 164 g/mol. The molecule has 2 heterocycles. The average Bonchev–Trinajstić information content (AvgIpc) is 2.49. The maximum absolute atomic E-state index is 5.80. The molecule has 0 fully saturated rings. The predicted octanol–water partition coefficient (Wildman–Crippen LogP) is 1.06. The normalized spacial score (nSPS) is 10.2. The van der Waals surface area contributed by atoms with Crippen LogP contribution in [-0.2, 0) is 7.05 Å². The van der Waals surface area contributed by atoms with Gasteiger partial charge in [-0.25, -0.2) is 4.98 Å². The van der Waals surface area contributed by atoms with Gasteiger partial charge < -0.3 is 10.3 Å². The van der Waals surface area contributed by atoms with Crippen LogP contribution in [0, 0.1) is 0 Å². The van der Waals surface area contributed by atoms with Crippen molar-refractivity contribution >= 4 is 5.82 Å². The number of aromatic nitrogens is 3. The SMILES string of the molecule is Cn1cnc(-c2ccccn2)c1N. The molecule has 0 aliphatic rings. The molecule has 0 aromatic carbocycles. The van der Waals surface area contributed by atoms with E-state index in [2.05, 4.69) is 9.97 Å². The highest BCUT2D eigenvalue weighted by molar-refractivity contribution is 5.66. The van der Waals surface area contributed by atoms with E-state index >= 15 is 0 Å². The van der Waals surface area contributed by atoms with Crippen LogP contribution in [0.1, 0.15) is 0 Å². The second-order valence-electron chi connectivity index (χ2n) is 2.80. The van der Waals surface area contributed by atoms with Crippen LogP contribution in [0.5, 0.6) is 0 Å². The Hall–Kier alpha value is -1.84. The standard InChI is InChI=1S/C9H10N4/c1-13-6-12-8(9(13)10)7-4-2-3-5-11-7/h2-6H,10H2,1H3. The molecule has 4 nitrogen and oxygen atoms in total. The van der Waals surface area contributed by atoms with Gasteiger partial charge in [0.15, 0.2) is 0 Å². The number of imidazole rings is 1. The number of aryl methyl sites for hydroxylation is 1. The largest absolute Gasteiger partial charge is 0.383 e. The van der Waals surface area contributed by atoms with Crippen LogP contribution in [0.3, 0.4) is 0 Å². The number of nitrogens with two attached hydrogens (primary N) is 1. The summed E-state index contributed by atoms with van der Waals surface area (Å²) in [4.78, 5) is 8.33. The van der Waals surface area contributed by atoms with E-state index in [0.29, 0.717) is 5.82 Å². The monoisotopic (exact) mass is 174 g/mol. The summed E-state index contributed by atoms with van der Waals surface area (Å²) in [5.74, 6) is 0.638. The van der Waals surface area contributed by atoms with Crippen molar-refractivity contribution < 1.29 is 0 Å². The van der Waals surface area contributed by atoms with Gasteiger partial charge in [-0.2, -0.15) is 0 Å². The Balaban J connectivity index is 2.53. The van der Waals surface area contributed by atoms with Crippen molar-refractivity contribution in [3.8, 4) is 11.4 Å². The summed E-state index contributed by atoms with van der Waals surface area (Å²) in [5, 5.41) is 0. The van der Waals surface area contributed by atoms with Crippen molar-refractivity contribution in [3.05, 3.63) is 30.7 Å². The van der Waals surface area contributed by atoms with E-state index < -0.39 is 0 Å². The molecule has 2 rings (SSSR count). The van der Waals surface area contributed by atoms with Gasteiger partial charge in [0.25, 0.3) is 0 Å². The summed E-state index contributed by atoms with van der Waals surface area (Å²) in [7, 11) is 1.86. The first-order valence-electron chi connectivity index (χ1n) is 3.97. The molecule has 2 aromatic rings. The fourth-order valence-corrected chi connectivity index (χ4v) is 1.14. The number of hydrogen-bond donors (Lipinski definition) is 1. The highest BCUT2D eigenvalue weighted by Gasteiger charge is 2.07.